The molecule has 0 fully saturated rings. The van der Waals surface area contributed by atoms with Crippen LogP contribution in [0.2, 0.25) is 0 Å². The molecule has 0 heterocycles. The molecule has 0 atom stereocenters. The van der Waals surface area contributed by atoms with E-state index in [2.05, 4.69) is 6.58 Å². The molecule has 0 spiro atoms. The summed E-state index contributed by atoms with van der Waals surface area (Å²) in [6.45, 7) is 3.75. The smallest absolute Gasteiger partial charge is 0.157 e. The molecule has 0 N–H and O–H groups in total. The summed E-state index contributed by atoms with van der Waals surface area (Å²) in [4.78, 5) is -0.960. The van der Waals surface area contributed by atoms with Crippen LogP contribution in [0.25, 0.3) is 16.8 Å². The molecule has 0 aliphatic heterocycles. The quantitative estimate of drug-likeness (QED) is 0.612. The summed E-state index contributed by atoms with van der Waals surface area (Å²) < 4.78 is 61.3. The number of halogens is 2. The van der Waals surface area contributed by atoms with Crippen LogP contribution in [0.1, 0.15) is 5.56 Å². The Morgan fingerprint density at radius 3 is 2.24 bits per heavy atom. The Hall–Kier alpha value is -2.22. The fourth-order valence-electron chi connectivity index (χ4n) is 2.50. The van der Waals surface area contributed by atoms with Crippen molar-refractivity contribution in [3.63, 3.8) is 0 Å². The minimum absolute atomic E-state index is 0.146. The van der Waals surface area contributed by atoms with Gasteiger partial charge in [-0.05, 0) is 34.5 Å². The maximum atomic E-state index is 14.4. The lowest BCUT2D eigenvalue weighted by atomic mass is 10.0. The van der Waals surface area contributed by atoms with E-state index in [1.807, 2.05) is 24.3 Å². The van der Waals surface area contributed by atoms with Gasteiger partial charge in [0, 0.05) is 9.79 Å². The van der Waals surface area contributed by atoms with Crippen molar-refractivity contribution in [2.24, 2.45) is 0 Å². The second kappa shape index (κ2) is 6.59. The zero-order valence-electron chi connectivity index (χ0n) is 12.7. The van der Waals surface area contributed by atoms with E-state index in [0.29, 0.717) is 4.90 Å². The van der Waals surface area contributed by atoms with Crippen LogP contribution in [-0.4, -0.2) is 13.0 Å². The summed E-state index contributed by atoms with van der Waals surface area (Å²) in [7, 11) is -5.26. The summed E-state index contributed by atoms with van der Waals surface area (Å²) in [6, 6.07) is 12.8. The van der Waals surface area contributed by atoms with Crippen molar-refractivity contribution in [1.29, 1.82) is 0 Å². The number of benzene rings is 3. The monoisotopic (exact) mass is 377 g/mol. The molecule has 3 rings (SSSR count). The van der Waals surface area contributed by atoms with Gasteiger partial charge in [-0.3, -0.25) is 0 Å². The Morgan fingerprint density at radius 1 is 0.960 bits per heavy atom. The standard InChI is InChI=1S/C18H12F2O3S2/c1-2-11-7-9-15(13-6-4-3-5-12(11)13)24-16-10-8-14(19)18(17(16)20)25(21,22)23/h2-10H,1H2,(H,21,22,23)/p-1. The molecule has 0 bridgehead atoms. The molecule has 0 amide bonds. The first-order chi connectivity index (χ1) is 11.8. The van der Waals surface area contributed by atoms with Crippen molar-refractivity contribution in [2.75, 3.05) is 0 Å². The normalized spacial score (nSPS) is 11.6. The van der Waals surface area contributed by atoms with Crippen molar-refractivity contribution < 1.29 is 21.8 Å². The van der Waals surface area contributed by atoms with Gasteiger partial charge in [-0.15, -0.1) is 0 Å². The minimum Gasteiger partial charge on any atom is -0.744 e. The van der Waals surface area contributed by atoms with E-state index in [0.717, 1.165) is 40.2 Å². The van der Waals surface area contributed by atoms with E-state index < -0.39 is 26.6 Å². The van der Waals surface area contributed by atoms with Gasteiger partial charge in [-0.2, -0.15) is 0 Å². The molecular formula is C18H11F2O3S2-. The van der Waals surface area contributed by atoms with Crippen LogP contribution in [0.15, 0.2) is 69.8 Å². The second-order valence-electron chi connectivity index (χ2n) is 5.15. The first kappa shape index (κ1) is 17.6. The van der Waals surface area contributed by atoms with Crippen LogP contribution >= 0.6 is 11.8 Å². The van der Waals surface area contributed by atoms with Crippen LogP contribution in [0, 0.1) is 11.6 Å². The van der Waals surface area contributed by atoms with E-state index in [4.69, 9.17) is 0 Å². The van der Waals surface area contributed by atoms with Crippen LogP contribution < -0.4 is 0 Å². The van der Waals surface area contributed by atoms with Gasteiger partial charge in [0.25, 0.3) is 0 Å². The largest absolute Gasteiger partial charge is 0.744 e. The molecule has 0 unspecified atom stereocenters. The fourth-order valence-corrected chi connectivity index (χ4v) is 4.19. The topological polar surface area (TPSA) is 57.2 Å². The Labute approximate surface area is 147 Å². The van der Waals surface area contributed by atoms with Crippen molar-refractivity contribution in [3.05, 3.63) is 72.3 Å². The van der Waals surface area contributed by atoms with E-state index >= 15 is 0 Å². The lowest BCUT2D eigenvalue weighted by molar-refractivity contribution is 0.437. The molecular weight excluding hydrogens is 366 g/mol. The van der Waals surface area contributed by atoms with Gasteiger partial charge in [0.2, 0.25) is 0 Å². The Bertz CT molecular complexity index is 1090. The lowest BCUT2D eigenvalue weighted by Gasteiger charge is -2.13. The highest BCUT2D eigenvalue weighted by molar-refractivity contribution is 7.99. The van der Waals surface area contributed by atoms with Gasteiger partial charge in [-0.25, -0.2) is 17.2 Å². The SMILES string of the molecule is C=Cc1ccc(Sc2ccc(F)c(S(=O)(=O)[O-])c2F)c2ccccc12. The zero-order chi connectivity index (χ0) is 18.2. The molecule has 25 heavy (non-hydrogen) atoms. The summed E-state index contributed by atoms with van der Waals surface area (Å²) in [5.41, 5.74) is 0.891. The predicted molar refractivity (Wildman–Crippen MR) is 92.5 cm³/mol. The Balaban J connectivity index is 2.17. The van der Waals surface area contributed by atoms with Crippen molar-refractivity contribution in [1.82, 2.24) is 0 Å². The average Bonchev–Trinajstić information content (AvgIpc) is 2.56. The number of hydrogen-bond donors (Lipinski definition) is 0. The third kappa shape index (κ3) is 3.30. The molecule has 0 aromatic heterocycles. The average molecular weight is 377 g/mol. The van der Waals surface area contributed by atoms with Crippen LogP contribution in [-0.2, 0) is 10.1 Å². The van der Waals surface area contributed by atoms with Gasteiger partial charge in [0.05, 0.1) is 0 Å². The molecule has 0 aliphatic carbocycles. The van der Waals surface area contributed by atoms with Crippen LogP contribution in [0.4, 0.5) is 8.78 Å². The highest BCUT2D eigenvalue weighted by atomic mass is 32.2. The predicted octanol–water partition coefficient (Wildman–Crippen LogP) is 4.82. The third-order valence-corrected chi connectivity index (χ3v) is 5.61. The maximum absolute atomic E-state index is 14.4. The summed E-state index contributed by atoms with van der Waals surface area (Å²) >= 11 is 0.923. The van der Waals surface area contributed by atoms with Gasteiger partial charge < -0.3 is 4.55 Å². The Kier molecular flexibility index (Phi) is 4.64. The van der Waals surface area contributed by atoms with Gasteiger partial charge in [0.1, 0.15) is 20.8 Å². The summed E-state index contributed by atoms with van der Waals surface area (Å²) in [6.07, 6.45) is 1.69. The second-order valence-corrected chi connectivity index (χ2v) is 7.55. The summed E-state index contributed by atoms with van der Waals surface area (Å²) in [5.74, 6) is -2.78. The zero-order valence-corrected chi connectivity index (χ0v) is 14.3. The molecule has 3 aromatic rings. The van der Waals surface area contributed by atoms with Gasteiger partial charge in [0.15, 0.2) is 5.82 Å². The molecule has 7 heteroatoms. The van der Waals surface area contributed by atoms with E-state index in [-0.39, 0.29) is 4.90 Å². The molecule has 0 radical (unpaired) electrons. The molecule has 3 aromatic carbocycles. The van der Waals surface area contributed by atoms with Crippen molar-refractivity contribution >= 4 is 38.7 Å². The van der Waals surface area contributed by atoms with Gasteiger partial charge >= 0.3 is 0 Å². The molecule has 0 saturated carbocycles. The highest BCUT2D eigenvalue weighted by Crippen LogP contribution is 2.38. The van der Waals surface area contributed by atoms with Crippen LogP contribution in [0.3, 0.4) is 0 Å². The lowest BCUT2D eigenvalue weighted by Crippen LogP contribution is -2.06. The Morgan fingerprint density at radius 2 is 1.60 bits per heavy atom. The van der Waals surface area contributed by atoms with E-state index in [1.165, 1.54) is 0 Å². The first-order valence-electron chi connectivity index (χ1n) is 7.09. The number of fused-ring (bicyclic) bond motifs is 1. The minimum atomic E-state index is -5.26. The molecule has 0 saturated heterocycles. The van der Waals surface area contributed by atoms with E-state index in [9.17, 15) is 21.8 Å². The fraction of sp³-hybridized carbons (Fsp3) is 0. The molecule has 0 aliphatic rings. The number of rotatable bonds is 4. The van der Waals surface area contributed by atoms with E-state index in [1.54, 1.807) is 18.2 Å². The third-order valence-electron chi connectivity index (χ3n) is 3.62. The molecule has 128 valence electrons. The molecule has 3 nitrogen and oxygen atoms in total. The summed E-state index contributed by atoms with van der Waals surface area (Å²) in [5, 5.41) is 1.70. The highest BCUT2D eigenvalue weighted by Gasteiger charge is 2.20. The van der Waals surface area contributed by atoms with Gasteiger partial charge in [-0.1, -0.05) is 54.7 Å². The maximum Gasteiger partial charge on any atom is 0.157 e. The van der Waals surface area contributed by atoms with Crippen molar-refractivity contribution in [2.45, 2.75) is 14.7 Å². The van der Waals surface area contributed by atoms with Crippen LogP contribution in [0.5, 0.6) is 0 Å². The first-order valence-corrected chi connectivity index (χ1v) is 9.31. The number of hydrogen-bond acceptors (Lipinski definition) is 4. The van der Waals surface area contributed by atoms with Crippen molar-refractivity contribution in [3.8, 4) is 0 Å².